The Bertz CT molecular complexity index is 578. The van der Waals surface area contributed by atoms with Gasteiger partial charge in [0.05, 0.1) is 19.1 Å². The summed E-state index contributed by atoms with van der Waals surface area (Å²) in [6, 6.07) is 8.45. The Morgan fingerprint density at radius 1 is 1.03 bits per heavy atom. The standard InChI is InChI=1S/C25H41NO3/c1-5-6-7-8-9-10-24(26-15-17-28-18-16-26)29-25(27)21(4)23-13-11-22(12-14-23)19-20(2)3/h11-14,20-21,24H,5-10,15-19H2,1-4H3/t21-,24?/m0/s1. The third-order valence-corrected chi connectivity index (χ3v) is 5.74. The molecule has 0 aromatic heterocycles. The van der Waals surface area contributed by atoms with Crippen molar-refractivity contribution < 1.29 is 14.3 Å². The van der Waals surface area contributed by atoms with Gasteiger partial charge in [0.25, 0.3) is 0 Å². The average molecular weight is 404 g/mol. The number of carbonyl (C=O) groups excluding carboxylic acids is 1. The summed E-state index contributed by atoms with van der Waals surface area (Å²) in [6.07, 6.45) is 7.95. The van der Waals surface area contributed by atoms with E-state index in [1.807, 2.05) is 6.92 Å². The van der Waals surface area contributed by atoms with Crippen molar-refractivity contribution in [3.8, 4) is 0 Å². The highest BCUT2D eigenvalue weighted by atomic mass is 16.6. The highest BCUT2D eigenvalue weighted by Crippen LogP contribution is 2.22. The van der Waals surface area contributed by atoms with Crippen molar-refractivity contribution >= 4 is 5.97 Å². The molecule has 1 aromatic carbocycles. The molecule has 2 atom stereocenters. The quantitative estimate of drug-likeness (QED) is 0.339. The minimum absolute atomic E-state index is 0.119. The van der Waals surface area contributed by atoms with Crippen molar-refractivity contribution in [1.29, 1.82) is 0 Å². The Balaban J connectivity index is 1.93. The number of benzene rings is 1. The van der Waals surface area contributed by atoms with Crippen molar-refractivity contribution in [2.45, 2.75) is 84.8 Å². The first-order chi connectivity index (χ1) is 14.0. The first-order valence-corrected chi connectivity index (χ1v) is 11.6. The van der Waals surface area contributed by atoms with Gasteiger partial charge in [-0.2, -0.15) is 0 Å². The Morgan fingerprint density at radius 2 is 1.69 bits per heavy atom. The zero-order chi connectivity index (χ0) is 21.1. The van der Waals surface area contributed by atoms with Crippen LogP contribution in [0.3, 0.4) is 0 Å². The molecule has 4 heteroatoms. The minimum Gasteiger partial charge on any atom is -0.446 e. The van der Waals surface area contributed by atoms with Crippen LogP contribution in [0.1, 0.15) is 83.3 Å². The summed E-state index contributed by atoms with van der Waals surface area (Å²) < 4.78 is 11.5. The van der Waals surface area contributed by atoms with E-state index >= 15 is 0 Å². The number of hydrogen-bond donors (Lipinski definition) is 0. The summed E-state index contributed by atoms with van der Waals surface area (Å²) in [5, 5.41) is 0. The maximum Gasteiger partial charge on any atom is 0.314 e. The molecule has 1 aliphatic rings. The molecule has 1 fully saturated rings. The van der Waals surface area contributed by atoms with Gasteiger partial charge in [0.1, 0.15) is 0 Å². The average Bonchev–Trinajstić information content (AvgIpc) is 2.73. The molecule has 1 heterocycles. The zero-order valence-corrected chi connectivity index (χ0v) is 19.0. The van der Waals surface area contributed by atoms with E-state index in [-0.39, 0.29) is 18.1 Å². The van der Waals surface area contributed by atoms with E-state index in [1.165, 1.54) is 31.2 Å². The molecule has 29 heavy (non-hydrogen) atoms. The predicted octanol–water partition coefficient (Wildman–Crippen LogP) is 5.55. The molecule has 2 rings (SSSR count). The second-order valence-corrected chi connectivity index (χ2v) is 8.80. The Kier molecular flexibility index (Phi) is 10.7. The van der Waals surface area contributed by atoms with Crippen LogP contribution in [0.2, 0.25) is 0 Å². The van der Waals surface area contributed by atoms with E-state index in [0.717, 1.165) is 51.1 Å². The van der Waals surface area contributed by atoms with Crippen molar-refractivity contribution in [3.63, 3.8) is 0 Å². The number of unbranched alkanes of at least 4 members (excludes halogenated alkanes) is 4. The Labute approximate surface area is 178 Å². The minimum atomic E-state index is -0.244. The largest absolute Gasteiger partial charge is 0.446 e. The Morgan fingerprint density at radius 3 is 2.31 bits per heavy atom. The zero-order valence-electron chi connectivity index (χ0n) is 19.0. The van der Waals surface area contributed by atoms with E-state index in [4.69, 9.17) is 9.47 Å². The fraction of sp³-hybridized carbons (Fsp3) is 0.720. The van der Waals surface area contributed by atoms with Gasteiger partial charge in [0, 0.05) is 13.1 Å². The summed E-state index contributed by atoms with van der Waals surface area (Å²) in [5.41, 5.74) is 2.36. The molecule has 1 unspecified atom stereocenters. The van der Waals surface area contributed by atoms with Crippen LogP contribution < -0.4 is 0 Å². The van der Waals surface area contributed by atoms with Gasteiger partial charge in [-0.15, -0.1) is 0 Å². The van der Waals surface area contributed by atoms with Crippen LogP contribution in [-0.4, -0.2) is 43.4 Å². The molecule has 0 radical (unpaired) electrons. The van der Waals surface area contributed by atoms with Crippen LogP contribution >= 0.6 is 0 Å². The van der Waals surface area contributed by atoms with E-state index in [9.17, 15) is 4.79 Å². The lowest BCUT2D eigenvalue weighted by molar-refractivity contribution is -0.166. The predicted molar refractivity (Wildman–Crippen MR) is 119 cm³/mol. The van der Waals surface area contributed by atoms with E-state index in [1.54, 1.807) is 0 Å². The molecule has 0 N–H and O–H groups in total. The van der Waals surface area contributed by atoms with Crippen LogP contribution in [-0.2, 0) is 20.7 Å². The summed E-state index contributed by atoms with van der Waals surface area (Å²) in [4.78, 5) is 15.2. The van der Waals surface area contributed by atoms with Gasteiger partial charge >= 0.3 is 5.97 Å². The van der Waals surface area contributed by atoms with Gasteiger partial charge in [-0.05, 0) is 43.2 Å². The smallest absolute Gasteiger partial charge is 0.314 e. The number of ether oxygens (including phenoxy) is 2. The number of morpholine rings is 1. The maximum atomic E-state index is 12.9. The van der Waals surface area contributed by atoms with Crippen molar-refractivity contribution in [2.24, 2.45) is 5.92 Å². The number of esters is 1. The summed E-state index contributed by atoms with van der Waals surface area (Å²) >= 11 is 0. The van der Waals surface area contributed by atoms with Crippen LogP contribution in [0.5, 0.6) is 0 Å². The van der Waals surface area contributed by atoms with Gasteiger partial charge in [-0.25, -0.2) is 0 Å². The first kappa shape index (κ1) is 23.9. The third-order valence-electron chi connectivity index (χ3n) is 5.74. The Hall–Kier alpha value is -1.39. The van der Waals surface area contributed by atoms with Gasteiger partial charge in [-0.3, -0.25) is 9.69 Å². The monoisotopic (exact) mass is 403 g/mol. The molecule has 0 bridgehead atoms. The van der Waals surface area contributed by atoms with Gasteiger partial charge in [0.2, 0.25) is 0 Å². The fourth-order valence-electron chi connectivity index (χ4n) is 3.89. The van der Waals surface area contributed by atoms with E-state index in [2.05, 4.69) is 49.9 Å². The number of nitrogens with zero attached hydrogens (tertiary/aromatic N) is 1. The topological polar surface area (TPSA) is 38.8 Å². The molecule has 0 aliphatic carbocycles. The van der Waals surface area contributed by atoms with Crippen LogP contribution in [0.25, 0.3) is 0 Å². The summed E-state index contributed by atoms with van der Waals surface area (Å²) in [6.45, 7) is 11.8. The molecule has 4 nitrogen and oxygen atoms in total. The van der Waals surface area contributed by atoms with Crippen molar-refractivity contribution in [2.75, 3.05) is 26.3 Å². The molecule has 0 spiro atoms. The molecule has 1 aliphatic heterocycles. The van der Waals surface area contributed by atoms with Gasteiger partial charge in [-0.1, -0.05) is 70.7 Å². The van der Waals surface area contributed by atoms with Crippen LogP contribution in [0.15, 0.2) is 24.3 Å². The van der Waals surface area contributed by atoms with Crippen molar-refractivity contribution in [3.05, 3.63) is 35.4 Å². The lowest BCUT2D eigenvalue weighted by Gasteiger charge is -2.34. The molecule has 0 saturated carbocycles. The summed E-state index contributed by atoms with van der Waals surface area (Å²) in [7, 11) is 0. The summed E-state index contributed by atoms with van der Waals surface area (Å²) in [5.74, 6) is 0.272. The van der Waals surface area contributed by atoms with E-state index < -0.39 is 0 Å². The highest BCUT2D eigenvalue weighted by Gasteiger charge is 2.27. The van der Waals surface area contributed by atoms with Crippen LogP contribution in [0, 0.1) is 5.92 Å². The number of rotatable bonds is 12. The molecular weight excluding hydrogens is 362 g/mol. The lowest BCUT2D eigenvalue weighted by atomic mass is 9.97. The first-order valence-electron chi connectivity index (χ1n) is 11.6. The van der Waals surface area contributed by atoms with E-state index in [0.29, 0.717) is 5.92 Å². The van der Waals surface area contributed by atoms with Gasteiger partial charge in [0.15, 0.2) is 6.23 Å². The second kappa shape index (κ2) is 13.0. The molecule has 0 amide bonds. The molecule has 1 aromatic rings. The molecular formula is C25H41NO3. The van der Waals surface area contributed by atoms with Crippen molar-refractivity contribution in [1.82, 2.24) is 4.90 Å². The fourth-order valence-corrected chi connectivity index (χ4v) is 3.89. The third kappa shape index (κ3) is 8.47. The number of carbonyl (C=O) groups is 1. The lowest BCUT2D eigenvalue weighted by Crippen LogP contribution is -2.46. The van der Waals surface area contributed by atoms with Gasteiger partial charge < -0.3 is 9.47 Å². The maximum absolute atomic E-state index is 12.9. The van der Waals surface area contributed by atoms with Crippen LogP contribution in [0.4, 0.5) is 0 Å². The number of hydrogen-bond acceptors (Lipinski definition) is 4. The molecule has 164 valence electrons. The second-order valence-electron chi connectivity index (χ2n) is 8.80. The SMILES string of the molecule is CCCCCCCC(OC(=O)[C@@H](C)c1ccc(CC(C)C)cc1)N1CCOCC1. The molecule has 1 saturated heterocycles. The highest BCUT2D eigenvalue weighted by molar-refractivity contribution is 5.77. The normalized spacial score (nSPS) is 17.3.